The van der Waals surface area contributed by atoms with Crippen LogP contribution in [-0.4, -0.2) is 9.13 Å². The van der Waals surface area contributed by atoms with E-state index >= 15 is 0 Å². The molecule has 3 nitrogen and oxygen atoms in total. The molecule has 0 bridgehead atoms. The maximum absolute atomic E-state index is 6.20. The second kappa shape index (κ2) is 8.37. The van der Waals surface area contributed by atoms with Crippen molar-refractivity contribution in [3.8, 4) is 11.4 Å². The van der Waals surface area contributed by atoms with Crippen LogP contribution in [0, 0.1) is 0 Å². The summed E-state index contributed by atoms with van der Waals surface area (Å²) >= 11 is 0. The first-order valence-electron chi connectivity index (χ1n) is 14.7. The molecule has 10 aromatic rings. The third-order valence-electron chi connectivity index (χ3n) is 9.06. The van der Waals surface area contributed by atoms with Crippen LogP contribution in [0.15, 0.2) is 150 Å². The van der Waals surface area contributed by atoms with Gasteiger partial charge in [-0.2, -0.15) is 0 Å². The molecule has 0 aliphatic rings. The van der Waals surface area contributed by atoms with Gasteiger partial charge in [-0.3, -0.25) is 0 Å². The van der Waals surface area contributed by atoms with E-state index in [9.17, 15) is 0 Å². The monoisotopic (exact) mass is 548 g/mol. The lowest BCUT2D eigenvalue weighted by molar-refractivity contribution is 0.669. The van der Waals surface area contributed by atoms with Crippen molar-refractivity contribution in [3.63, 3.8) is 0 Å². The third-order valence-corrected chi connectivity index (χ3v) is 9.06. The summed E-state index contributed by atoms with van der Waals surface area (Å²) in [7, 11) is 0. The smallest absolute Gasteiger partial charge is 0.135 e. The molecule has 0 amide bonds. The predicted molar refractivity (Wildman–Crippen MR) is 180 cm³/mol. The van der Waals surface area contributed by atoms with Gasteiger partial charge in [0.15, 0.2) is 0 Å². The third kappa shape index (κ3) is 3.14. The van der Waals surface area contributed by atoms with E-state index in [1.54, 1.807) is 0 Å². The summed E-state index contributed by atoms with van der Waals surface area (Å²) in [5, 5.41) is 9.73. The van der Waals surface area contributed by atoms with Crippen molar-refractivity contribution in [2.24, 2.45) is 0 Å². The van der Waals surface area contributed by atoms with Crippen molar-refractivity contribution >= 4 is 76.3 Å². The Morgan fingerprint density at radius 1 is 0.326 bits per heavy atom. The Bertz CT molecular complexity index is 2720. The molecule has 0 N–H and O–H groups in total. The van der Waals surface area contributed by atoms with Gasteiger partial charge in [-0.1, -0.05) is 78.9 Å². The highest BCUT2D eigenvalue weighted by atomic mass is 16.3. The Balaban J connectivity index is 1.39. The van der Waals surface area contributed by atoms with Crippen LogP contribution >= 0.6 is 0 Å². The molecular formula is C40H24N2O. The molecule has 0 atom stereocenters. The van der Waals surface area contributed by atoms with Gasteiger partial charge in [0.05, 0.1) is 22.1 Å². The molecule has 43 heavy (non-hydrogen) atoms. The fourth-order valence-electron chi connectivity index (χ4n) is 7.15. The van der Waals surface area contributed by atoms with E-state index < -0.39 is 0 Å². The lowest BCUT2D eigenvalue weighted by Crippen LogP contribution is -1.94. The zero-order valence-electron chi connectivity index (χ0n) is 23.2. The van der Waals surface area contributed by atoms with E-state index in [2.05, 4.69) is 143 Å². The van der Waals surface area contributed by atoms with Crippen LogP contribution in [0.2, 0.25) is 0 Å². The van der Waals surface area contributed by atoms with Crippen LogP contribution in [-0.2, 0) is 0 Å². The van der Waals surface area contributed by atoms with E-state index in [0.29, 0.717) is 0 Å². The Labute approximate surface area is 246 Å². The molecule has 0 aliphatic carbocycles. The molecule has 3 aromatic heterocycles. The van der Waals surface area contributed by atoms with Crippen molar-refractivity contribution in [1.29, 1.82) is 0 Å². The summed E-state index contributed by atoms with van der Waals surface area (Å²) in [6.07, 6.45) is 0. The van der Waals surface area contributed by atoms with Crippen LogP contribution in [0.4, 0.5) is 0 Å². The van der Waals surface area contributed by atoms with E-state index in [0.717, 1.165) is 27.6 Å². The molecule has 10 rings (SSSR count). The summed E-state index contributed by atoms with van der Waals surface area (Å²) in [4.78, 5) is 0. The van der Waals surface area contributed by atoms with Gasteiger partial charge in [-0.25, -0.2) is 0 Å². The average Bonchev–Trinajstić information content (AvgIpc) is 3.70. The minimum Gasteiger partial charge on any atom is -0.456 e. The van der Waals surface area contributed by atoms with E-state index in [-0.39, 0.29) is 0 Å². The Kier molecular flexibility index (Phi) is 4.45. The second-order valence-corrected chi connectivity index (χ2v) is 11.4. The average molecular weight is 549 g/mol. The normalized spacial score (nSPS) is 12.2. The summed E-state index contributed by atoms with van der Waals surface area (Å²) in [5.41, 5.74) is 8.93. The first-order valence-corrected chi connectivity index (χ1v) is 14.7. The quantitative estimate of drug-likeness (QED) is 0.211. The molecule has 0 radical (unpaired) electrons. The molecule has 3 heterocycles. The topological polar surface area (TPSA) is 23.0 Å². The highest BCUT2D eigenvalue weighted by Gasteiger charge is 2.19. The van der Waals surface area contributed by atoms with E-state index in [1.165, 1.54) is 60.1 Å². The molecule has 0 spiro atoms. The fourth-order valence-corrected chi connectivity index (χ4v) is 7.15. The van der Waals surface area contributed by atoms with Crippen molar-refractivity contribution in [3.05, 3.63) is 146 Å². The number of hydrogen-bond donors (Lipinski definition) is 0. The predicted octanol–water partition coefficient (Wildman–Crippen LogP) is 10.9. The minimum atomic E-state index is 0.907. The molecule has 0 saturated carbocycles. The second-order valence-electron chi connectivity index (χ2n) is 11.4. The van der Waals surface area contributed by atoms with Crippen LogP contribution < -0.4 is 0 Å². The number of rotatable bonds is 2. The van der Waals surface area contributed by atoms with Gasteiger partial charge >= 0.3 is 0 Å². The van der Waals surface area contributed by atoms with Crippen molar-refractivity contribution in [1.82, 2.24) is 9.13 Å². The molecule has 0 saturated heterocycles. The molecule has 0 unspecified atom stereocenters. The lowest BCUT2D eigenvalue weighted by atomic mass is 10.0. The largest absolute Gasteiger partial charge is 0.456 e. The number of aromatic nitrogens is 2. The van der Waals surface area contributed by atoms with Gasteiger partial charge in [-0.15, -0.1) is 0 Å². The van der Waals surface area contributed by atoms with Gasteiger partial charge in [0.1, 0.15) is 11.2 Å². The number of fused-ring (bicyclic) bond motifs is 10. The van der Waals surface area contributed by atoms with Crippen molar-refractivity contribution in [2.45, 2.75) is 0 Å². The Hall–Kier alpha value is -5.80. The molecule has 0 fully saturated rings. The van der Waals surface area contributed by atoms with Crippen LogP contribution in [0.5, 0.6) is 0 Å². The zero-order valence-corrected chi connectivity index (χ0v) is 23.2. The summed E-state index contributed by atoms with van der Waals surface area (Å²) in [5.74, 6) is 0. The number of benzene rings is 7. The van der Waals surface area contributed by atoms with E-state index in [4.69, 9.17) is 4.42 Å². The zero-order chi connectivity index (χ0) is 28.1. The van der Waals surface area contributed by atoms with Crippen LogP contribution in [0.25, 0.3) is 87.7 Å². The Morgan fingerprint density at radius 3 is 1.74 bits per heavy atom. The number of para-hydroxylation sites is 3. The van der Waals surface area contributed by atoms with Gasteiger partial charge in [0.2, 0.25) is 0 Å². The fraction of sp³-hybridized carbons (Fsp3) is 0. The minimum absolute atomic E-state index is 0.907. The molecule has 7 aromatic carbocycles. The van der Waals surface area contributed by atoms with Gasteiger partial charge in [0, 0.05) is 43.7 Å². The standard InChI is InChI=1S/C40H24N2O/c1-2-12-27(13-3-1)41-35-16-8-6-14-29(35)32-23-38-33(24-37(32)41)31-20-25-10-4-5-11-26(25)21-36(31)42(38)28-18-19-40-34(22-28)30-15-7-9-17-39(30)43-40/h1-24H. The molecular weight excluding hydrogens is 524 g/mol. The van der Waals surface area contributed by atoms with Gasteiger partial charge in [-0.05, 0) is 77.5 Å². The maximum Gasteiger partial charge on any atom is 0.135 e. The maximum atomic E-state index is 6.20. The number of nitrogens with zero attached hydrogens (tertiary/aromatic N) is 2. The Morgan fingerprint density at radius 2 is 0.907 bits per heavy atom. The van der Waals surface area contributed by atoms with Crippen molar-refractivity contribution in [2.75, 3.05) is 0 Å². The number of hydrogen-bond acceptors (Lipinski definition) is 1. The number of furan rings is 1. The van der Waals surface area contributed by atoms with Crippen LogP contribution in [0.1, 0.15) is 0 Å². The van der Waals surface area contributed by atoms with Crippen molar-refractivity contribution < 1.29 is 4.42 Å². The highest BCUT2D eigenvalue weighted by Crippen LogP contribution is 2.41. The molecule has 200 valence electrons. The first kappa shape index (κ1) is 22.8. The van der Waals surface area contributed by atoms with E-state index in [1.807, 2.05) is 12.1 Å². The highest BCUT2D eigenvalue weighted by molar-refractivity contribution is 6.20. The molecule has 0 aliphatic heterocycles. The van der Waals surface area contributed by atoms with Gasteiger partial charge in [0.25, 0.3) is 0 Å². The summed E-state index contributed by atoms with van der Waals surface area (Å²) in [6.45, 7) is 0. The summed E-state index contributed by atoms with van der Waals surface area (Å²) < 4.78 is 11.0. The lowest BCUT2D eigenvalue weighted by Gasteiger charge is -2.10. The SMILES string of the molecule is c1ccc(-n2c3ccccc3c3cc4c(cc32)c2cc3ccccc3cc2n4-c2ccc3oc4ccccc4c3c2)cc1. The van der Waals surface area contributed by atoms with Crippen LogP contribution in [0.3, 0.4) is 0 Å². The first-order chi connectivity index (χ1) is 21.3. The summed E-state index contributed by atoms with van der Waals surface area (Å²) in [6, 6.07) is 52.5. The molecule has 3 heteroatoms. The van der Waals surface area contributed by atoms with Gasteiger partial charge < -0.3 is 13.6 Å².